The van der Waals surface area contributed by atoms with Gasteiger partial charge < -0.3 is 9.30 Å². The summed E-state index contributed by atoms with van der Waals surface area (Å²) in [6, 6.07) is 3.89. The topological polar surface area (TPSA) is 95.9 Å². The number of hydrogen-bond donors (Lipinski definition) is 0. The van der Waals surface area contributed by atoms with E-state index in [4.69, 9.17) is 10.5 Å². The summed E-state index contributed by atoms with van der Waals surface area (Å²) in [5.41, 5.74) is -2.01. The number of methoxy groups -OCH3 is 1. The zero-order valence-corrected chi connectivity index (χ0v) is 13.0. The average molecular weight is 343 g/mol. The molecule has 1 heterocycles. The second-order valence-electron chi connectivity index (χ2n) is 5.69. The molecule has 1 atom stereocenters. The Kier molecular flexibility index (Phi) is 3.97. The van der Waals surface area contributed by atoms with Gasteiger partial charge >= 0.3 is 5.97 Å². The van der Waals surface area contributed by atoms with E-state index >= 15 is 4.39 Å². The molecule has 8 heteroatoms. The summed E-state index contributed by atoms with van der Waals surface area (Å²) in [5.74, 6) is -5.28. The first-order valence-electron chi connectivity index (χ1n) is 7.38. The molecule has 0 bridgehead atoms. The summed E-state index contributed by atoms with van der Waals surface area (Å²) >= 11 is 0. The van der Waals surface area contributed by atoms with E-state index in [1.807, 2.05) is 0 Å². The van der Waals surface area contributed by atoms with Crippen LogP contribution in [0.1, 0.15) is 35.9 Å². The first-order valence-corrected chi connectivity index (χ1v) is 7.38. The Bertz CT molecular complexity index is 1040. The maximum Gasteiger partial charge on any atom is 0.327 e. The monoisotopic (exact) mass is 343 g/mol. The van der Waals surface area contributed by atoms with Crippen molar-refractivity contribution < 1.29 is 18.3 Å². The predicted molar refractivity (Wildman–Crippen MR) is 81.5 cm³/mol. The van der Waals surface area contributed by atoms with Gasteiger partial charge in [0.2, 0.25) is 5.43 Å². The summed E-state index contributed by atoms with van der Waals surface area (Å²) < 4.78 is 35.4. The minimum Gasteiger partial charge on any atom is -0.468 e. The molecule has 3 rings (SSSR count). The van der Waals surface area contributed by atoms with Gasteiger partial charge in [-0.3, -0.25) is 9.59 Å². The molecule has 1 aromatic heterocycles. The van der Waals surface area contributed by atoms with Crippen LogP contribution in [-0.2, 0) is 9.53 Å². The Balaban J connectivity index is 2.43. The molecular weight excluding hydrogens is 332 g/mol. The number of pyridine rings is 1. The highest BCUT2D eigenvalue weighted by Gasteiger charge is 2.33. The van der Waals surface area contributed by atoms with Gasteiger partial charge in [-0.25, -0.2) is 8.78 Å². The van der Waals surface area contributed by atoms with Crippen molar-refractivity contribution in [2.75, 3.05) is 7.11 Å². The predicted octanol–water partition coefficient (Wildman–Crippen LogP) is 2.27. The second kappa shape index (κ2) is 5.99. The molecule has 1 unspecified atom stereocenters. The number of carbonyl (C=O) groups excluding carboxylic acids is 1. The van der Waals surface area contributed by atoms with Gasteiger partial charge in [-0.15, -0.1) is 0 Å². The Morgan fingerprint density at radius 2 is 2.08 bits per heavy atom. The van der Waals surface area contributed by atoms with Crippen LogP contribution in [0.5, 0.6) is 0 Å². The molecule has 0 spiro atoms. The number of esters is 1. The molecule has 1 aliphatic rings. The van der Waals surface area contributed by atoms with E-state index in [2.05, 4.69) is 4.74 Å². The zero-order chi connectivity index (χ0) is 18.3. The highest BCUT2D eigenvalue weighted by atomic mass is 19.1. The molecular formula is C17H11F2N3O3. The minimum atomic E-state index is -1.80. The third-order valence-corrected chi connectivity index (χ3v) is 4.16. The van der Waals surface area contributed by atoms with Crippen LogP contribution in [0.15, 0.2) is 17.1 Å². The zero-order valence-electron chi connectivity index (χ0n) is 13.0. The standard InChI is InChI=1S/C17H11F2N3O3/c1-25-17(24)11(6-21)13-12(18)4-10-15(14(13)19)22(9-2-3-9)7-8(5-20)16(10)23/h4,7,9,11H,2-3H2,1H3. The van der Waals surface area contributed by atoms with Crippen molar-refractivity contribution >= 4 is 16.9 Å². The lowest BCUT2D eigenvalue weighted by Crippen LogP contribution is -2.19. The SMILES string of the molecule is COC(=O)C(C#N)c1c(F)cc2c(=O)c(C#N)cn(C3CC3)c2c1F. The van der Waals surface area contributed by atoms with Crippen molar-refractivity contribution in [3.05, 3.63) is 45.2 Å². The van der Waals surface area contributed by atoms with Crippen LogP contribution in [0.4, 0.5) is 8.78 Å². The van der Waals surface area contributed by atoms with E-state index in [-0.39, 0.29) is 22.5 Å². The van der Waals surface area contributed by atoms with Gasteiger partial charge in [0.25, 0.3) is 0 Å². The quantitative estimate of drug-likeness (QED) is 0.797. The lowest BCUT2D eigenvalue weighted by atomic mass is 9.96. The van der Waals surface area contributed by atoms with Crippen LogP contribution in [0.3, 0.4) is 0 Å². The fraction of sp³-hybridized carbons (Fsp3) is 0.294. The number of ether oxygens (including phenoxy) is 1. The Morgan fingerprint density at radius 1 is 1.40 bits per heavy atom. The highest BCUT2D eigenvalue weighted by molar-refractivity contribution is 5.87. The Morgan fingerprint density at radius 3 is 2.60 bits per heavy atom. The molecule has 1 aliphatic carbocycles. The van der Waals surface area contributed by atoms with E-state index in [9.17, 15) is 14.0 Å². The number of benzene rings is 1. The minimum absolute atomic E-state index is 0.123. The molecule has 0 N–H and O–H groups in total. The fourth-order valence-electron chi connectivity index (χ4n) is 2.79. The molecule has 0 aliphatic heterocycles. The summed E-state index contributed by atoms with van der Waals surface area (Å²) in [6.45, 7) is 0. The summed E-state index contributed by atoms with van der Waals surface area (Å²) in [4.78, 5) is 24.0. The highest BCUT2D eigenvalue weighted by Crippen LogP contribution is 2.39. The normalized spacial score (nSPS) is 14.6. The average Bonchev–Trinajstić information content (AvgIpc) is 3.43. The summed E-state index contributed by atoms with van der Waals surface area (Å²) in [5, 5.41) is 17.9. The third kappa shape index (κ3) is 2.52. The maximum atomic E-state index is 15.1. The third-order valence-electron chi connectivity index (χ3n) is 4.16. The lowest BCUT2D eigenvalue weighted by molar-refractivity contribution is -0.141. The van der Waals surface area contributed by atoms with Gasteiger partial charge in [0, 0.05) is 12.2 Å². The Hall–Kier alpha value is -3.26. The van der Waals surface area contributed by atoms with Crippen molar-refractivity contribution in [1.82, 2.24) is 4.57 Å². The van der Waals surface area contributed by atoms with Crippen LogP contribution in [-0.4, -0.2) is 17.6 Å². The van der Waals surface area contributed by atoms with Gasteiger partial charge in [-0.1, -0.05) is 0 Å². The van der Waals surface area contributed by atoms with E-state index < -0.39 is 34.5 Å². The number of fused-ring (bicyclic) bond motifs is 1. The summed E-state index contributed by atoms with van der Waals surface area (Å²) in [7, 11) is 1.00. The van der Waals surface area contributed by atoms with Crippen LogP contribution < -0.4 is 5.43 Å². The second-order valence-corrected chi connectivity index (χ2v) is 5.69. The van der Waals surface area contributed by atoms with E-state index in [0.29, 0.717) is 12.8 Å². The van der Waals surface area contributed by atoms with Crippen LogP contribution in [0.2, 0.25) is 0 Å². The van der Waals surface area contributed by atoms with E-state index in [1.54, 1.807) is 6.07 Å². The maximum absolute atomic E-state index is 15.1. The fourth-order valence-corrected chi connectivity index (χ4v) is 2.79. The number of halogens is 2. The van der Waals surface area contributed by atoms with Gasteiger partial charge in [0.1, 0.15) is 17.4 Å². The van der Waals surface area contributed by atoms with Crippen LogP contribution in [0.25, 0.3) is 10.9 Å². The largest absolute Gasteiger partial charge is 0.468 e. The van der Waals surface area contributed by atoms with E-state index in [1.165, 1.54) is 16.8 Å². The molecule has 0 saturated heterocycles. The molecule has 1 saturated carbocycles. The molecule has 0 radical (unpaired) electrons. The number of hydrogen-bond acceptors (Lipinski definition) is 5. The molecule has 2 aromatic rings. The molecule has 25 heavy (non-hydrogen) atoms. The smallest absolute Gasteiger partial charge is 0.327 e. The van der Waals surface area contributed by atoms with Crippen molar-refractivity contribution in [2.45, 2.75) is 24.8 Å². The van der Waals surface area contributed by atoms with Gasteiger partial charge in [-0.2, -0.15) is 10.5 Å². The first kappa shape index (κ1) is 16.6. The van der Waals surface area contributed by atoms with Crippen molar-refractivity contribution in [3.8, 4) is 12.1 Å². The van der Waals surface area contributed by atoms with Gasteiger partial charge in [0.05, 0.1) is 29.6 Å². The Labute approximate surface area is 140 Å². The van der Waals surface area contributed by atoms with Crippen LogP contribution >= 0.6 is 0 Å². The van der Waals surface area contributed by atoms with Crippen molar-refractivity contribution in [1.29, 1.82) is 10.5 Å². The number of rotatable bonds is 3. The van der Waals surface area contributed by atoms with Gasteiger partial charge in [0.15, 0.2) is 11.7 Å². The lowest BCUT2D eigenvalue weighted by Gasteiger charge is -2.16. The molecule has 1 fully saturated rings. The molecule has 0 amide bonds. The van der Waals surface area contributed by atoms with E-state index in [0.717, 1.165) is 13.2 Å². The van der Waals surface area contributed by atoms with Crippen LogP contribution in [0, 0.1) is 34.3 Å². The molecule has 6 nitrogen and oxygen atoms in total. The number of carbonyl (C=O) groups is 1. The van der Waals surface area contributed by atoms with Gasteiger partial charge in [-0.05, 0) is 18.9 Å². The number of nitriles is 2. The number of nitrogens with zero attached hydrogens (tertiary/aromatic N) is 3. The van der Waals surface area contributed by atoms with Crippen molar-refractivity contribution in [3.63, 3.8) is 0 Å². The molecule has 1 aromatic carbocycles. The number of aromatic nitrogens is 1. The van der Waals surface area contributed by atoms with Crippen molar-refractivity contribution in [2.24, 2.45) is 0 Å². The summed E-state index contributed by atoms with van der Waals surface area (Å²) in [6.07, 6.45) is 2.66. The molecule has 126 valence electrons. The first-order chi connectivity index (χ1) is 11.9.